The van der Waals surface area contributed by atoms with Gasteiger partial charge in [0.1, 0.15) is 11.6 Å². The molecule has 0 saturated carbocycles. The van der Waals surface area contributed by atoms with Crippen LogP contribution < -0.4 is 15.0 Å². The van der Waals surface area contributed by atoms with Crippen molar-refractivity contribution in [2.24, 2.45) is 5.10 Å². The number of halogens is 2. The van der Waals surface area contributed by atoms with Crippen molar-refractivity contribution in [3.8, 4) is 17.2 Å². The smallest absolute Gasteiger partial charge is 0.282 e. The van der Waals surface area contributed by atoms with E-state index in [1.807, 2.05) is 0 Å². The summed E-state index contributed by atoms with van der Waals surface area (Å²) >= 11 is 6.62. The molecule has 0 radical (unpaired) electrons. The van der Waals surface area contributed by atoms with Crippen molar-refractivity contribution < 1.29 is 14.6 Å². The Morgan fingerprint density at radius 2 is 1.81 bits per heavy atom. The number of rotatable bonds is 4. The third-order valence-electron chi connectivity index (χ3n) is 3.88. The van der Waals surface area contributed by atoms with Crippen LogP contribution in [0.4, 0.5) is 0 Å². The minimum atomic E-state index is -0.358. The van der Waals surface area contributed by atoms with Crippen molar-refractivity contribution in [3.05, 3.63) is 55.0 Å². The van der Waals surface area contributed by atoms with Gasteiger partial charge in [-0.1, -0.05) is 15.9 Å². The molecule has 0 atom stereocenters. The largest absolute Gasteiger partial charge is 0.506 e. The molecule has 0 aliphatic carbocycles. The average molecular weight is 497 g/mol. The third kappa shape index (κ3) is 3.70. The molecule has 1 N–H and O–H groups in total. The molecule has 7 nitrogen and oxygen atoms in total. The van der Waals surface area contributed by atoms with Crippen LogP contribution in [-0.4, -0.2) is 35.2 Å². The van der Waals surface area contributed by atoms with E-state index < -0.39 is 0 Å². The van der Waals surface area contributed by atoms with E-state index in [-0.39, 0.29) is 11.3 Å². The van der Waals surface area contributed by atoms with Gasteiger partial charge in [-0.2, -0.15) is 9.78 Å². The van der Waals surface area contributed by atoms with Gasteiger partial charge in [0.15, 0.2) is 11.5 Å². The number of phenols is 1. The number of nitrogens with zero attached hydrogens (tertiary/aromatic N) is 3. The maximum absolute atomic E-state index is 12.9. The molecule has 0 aliphatic rings. The molecule has 0 unspecified atom stereocenters. The summed E-state index contributed by atoms with van der Waals surface area (Å²) in [6.07, 6.45) is 1.40. The number of phenolic OH excluding ortho intramolecular Hbond substituents is 1. The third-order valence-corrected chi connectivity index (χ3v) is 4.95. The number of ether oxygens (including phenoxy) is 2. The van der Waals surface area contributed by atoms with Crippen LogP contribution in [0.25, 0.3) is 10.9 Å². The second-order valence-corrected chi connectivity index (χ2v) is 7.34. The number of aromatic hydroxyl groups is 1. The Morgan fingerprint density at radius 1 is 1.15 bits per heavy atom. The first-order chi connectivity index (χ1) is 12.8. The highest BCUT2D eigenvalue weighted by molar-refractivity contribution is 9.11. The van der Waals surface area contributed by atoms with Crippen molar-refractivity contribution in [2.45, 2.75) is 6.92 Å². The predicted molar refractivity (Wildman–Crippen MR) is 110 cm³/mol. The molecule has 9 heteroatoms. The highest BCUT2D eigenvalue weighted by Gasteiger charge is 2.13. The summed E-state index contributed by atoms with van der Waals surface area (Å²) in [6.45, 7) is 1.67. The van der Waals surface area contributed by atoms with Crippen LogP contribution in [0.5, 0.6) is 17.2 Å². The number of benzene rings is 2. The second kappa shape index (κ2) is 7.69. The van der Waals surface area contributed by atoms with E-state index >= 15 is 0 Å². The topological polar surface area (TPSA) is 85.9 Å². The molecule has 0 bridgehead atoms. The molecule has 0 spiro atoms. The number of methoxy groups -OCH3 is 2. The Kier molecular flexibility index (Phi) is 5.52. The van der Waals surface area contributed by atoms with Gasteiger partial charge in [-0.25, -0.2) is 4.98 Å². The number of hydrogen-bond donors (Lipinski definition) is 1. The van der Waals surface area contributed by atoms with Crippen LogP contribution in [0.3, 0.4) is 0 Å². The summed E-state index contributed by atoms with van der Waals surface area (Å²) < 4.78 is 12.9. The molecule has 1 aromatic heterocycles. The van der Waals surface area contributed by atoms with Crippen molar-refractivity contribution >= 4 is 49.0 Å². The van der Waals surface area contributed by atoms with Gasteiger partial charge in [0.2, 0.25) is 0 Å². The quantitative estimate of drug-likeness (QED) is 0.554. The molecule has 0 amide bonds. The summed E-state index contributed by atoms with van der Waals surface area (Å²) in [5, 5.41) is 14.7. The van der Waals surface area contributed by atoms with Gasteiger partial charge < -0.3 is 14.6 Å². The highest BCUT2D eigenvalue weighted by Crippen LogP contribution is 2.31. The van der Waals surface area contributed by atoms with Crippen molar-refractivity contribution in [1.29, 1.82) is 0 Å². The fourth-order valence-corrected chi connectivity index (χ4v) is 3.81. The lowest BCUT2D eigenvalue weighted by atomic mass is 10.2. The van der Waals surface area contributed by atoms with Crippen LogP contribution in [-0.2, 0) is 0 Å². The van der Waals surface area contributed by atoms with Crippen molar-refractivity contribution in [2.75, 3.05) is 14.2 Å². The van der Waals surface area contributed by atoms with Crippen molar-refractivity contribution in [3.63, 3.8) is 0 Å². The van der Waals surface area contributed by atoms with E-state index in [9.17, 15) is 9.90 Å². The molecule has 0 aliphatic heterocycles. The summed E-state index contributed by atoms with van der Waals surface area (Å²) in [5.41, 5.74) is 0.563. The summed E-state index contributed by atoms with van der Waals surface area (Å²) in [4.78, 5) is 17.3. The number of hydrogen-bond acceptors (Lipinski definition) is 6. The van der Waals surface area contributed by atoms with Gasteiger partial charge in [-0.3, -0.25) is 4.79 Å². The second-order valence-electron chi connectivity index (χ2n) is 5.57. The van der Waals surface area contributed by atoms with E-state index in [1.54, 1.807) is 31.2 Å². The lowest BCUT2D eigenvalue weighted by Crippen LogP contribution is -2.20. The Balaban J connectivity index is 2.17. The van der Waals surface area contributed by atoms with Crippen LogP contribution in [0, 0.1) is 6.92 Å². The number of aryl methyl sites for hydroxylation is 1. The molecule has 2 aromatic carbocycles. The van der Waals surface area contributed by atoms with E-state index in [0.29, 0.717) is 38.3 Å². The minimum absolute atomic E-state index is 0.0211. The molecule has 27 heavy (non-hydrogen) atoms. The van der Waals surface area contributed by atoms with Gasteiger partial charge >= 0.3 is 0 Å². The Hall–Kier alpha value is -2.39. The molecule has 3 rings (SSSR count). The number of aromatic nitrogens is 2. The van der Waals surface area contributed by atoms with E-state index in [4.69, 9.17) is 9.47 Å². The van der Waals surface area contributed by atoms with Crippen molar-refractivity contribution in [1.82, 2.24) is 9.66 Å². The maximum atomic E-state index is 12.9. The summed E-state index contributed by atoms with van der Waals surface area (Å²) in [6, 6.07) is 6.61. The Labute approximate surface area is 171 Å². The van der Waals surface area contributed by atoms with E-state index in [0.717, 1.165) is 4.47 Å². The normalized spacial score (nSPS) is 11.3. The summed E-state index contributed by atoms with van der Waals surface area (Å²) in [5.74, 6) is 1.33. The average Bonchev–Trinajstić information content (AvgIpc) is 2.64. The SMILES string of the molecule is COc1cc2nc(C)n(/N=C/c3cc(Br)cc(Br)c3O)c(=O)c2cc1OC. The predicted octanol–water partition coefficient (Wildman–Crippen LogP) is 3.83. The first-order valence-electron chi connectivity index (χ1n) is 7.73. The molecule has 3 aromatic rings. The first-order valence-corrected chi connectivity index (χ1v) is 9.32. The fraction of sp³-hybridized carbons (Fsp3) is 0.167. The maximum Gasteiger partial charge on any atom is 0.282 e. The monoisotopic (exact) mass is 495 g/mol. The van der Waals surface area contributed by atoms with Gasteiger partial charge in [-0.15, -0.1) is 0 Å². The molecule has 0 fully saturated rings. The molecule has 140 valence electrons. The summed E-state index contributed by atoms with van der Waals surface area (Å²) in [7, 11) is 3.01. The molecule has 0 saturated heterocycles. The zero-order valence-corrected chi connectivity index (χ0v) is 17.8. The minimum Gasteiger partial charge on any atom is -0.506 e. The van der Waals surface area contributed by atoms with Crippen LogP contribution in [0.15, 0.2) is 43.1 Å². The van der Waals surface area contributed by atoms with Gasteiger partial charge in [0.05, 0.1) is 35.8 Å². The lowest BCUT2D eigenvalue weighted by molar-refractivity contribution is 0.355. The van der Waals surface area contributed by atoms with Crippen LogP contribution >= 0.6 is 31.9 Å². The van der Waals surface area contributed by atoms with Crippen LogP contribution in [0.2, 0.25) is 0 Å². The van der Waals surface area contributed by atoms with Crippen LogP contribution in [0.1, 0.15) is 11.4 Å². The molecule has 1 heterocycles. The standard InChI is InChI=1S/C18H15Br2N3O4/c1-9-22-14-7-16(27-3)15(26-2)6-12(14)18(25)23(9)21-8-10-4-11(19)5-13(20)17(10)24/h4-8,24H,1-3H3/b21-8+. The fourth-order valence-electron chi connectivity index (χ4n) is 2.56. The van der Waals surface area contributed by atoms with E-state index in [1.165, 1.54) is 25.1 Å². The lowest BCUT2D eigenvalue weighted by Gasteiger charge is -2.10. The zero-order chi connectivity index (χ0) is 19.7. The molecular formula is C18H15Br2N3O4. The van der Waals surface area contributed by atoms with E-state index in [2.05, 4.69) is 41.9 Å². The van der Waals surface area contributed by atoms with Gasteiger partial charge in [0.25, 0.3) is 5.56 Å². The zero-order valence-electron chi connectivity index (χ0n) is 14.7. The Bertz CT molecular complexity index is 1130. The van der Waals surface area contributed by atoms with Gasteiger partial charge in [0, 0.05) is 16.1 Å². The highest BCUT2D eigenvalue weighted by atomic mass is 79.9. The van der Waals surface area contributed by atoms with Gasteiger partial charge in [-0.05, 0) is 41.1 Å². The molecular weight excluding hydrogens is 482 g/mol. The number of fused-ring (bicyclic) bond motifs is 1. The first kappa shape index (κ1) is 19.4. The Morgan fingerprint density at radius 3 is 2.48 bits per heavy atom.